The standard InChI is InChI=1S/C10H11BrNO4/c1-3-4-16-10-6-8(12(13)14)7(11)5-9(10)15-2/h5-6H,1,3-4H2,2H3. The first kappa shape index (κ1) is 12.8. The Morgan fingerprint density at radius 2 is 2.19 bits per heavy atom. The molecule has 0 fully saturated rings. The van der Waals surface area contributed by atoms with Gasteiger partial charge in [-0.25, -0.2) is 0 Å². The van der Waals surface area contributed by atoms with Gasteiger partial charge in [-0.3, -0.25) is 10.1 Å². The van der Waals surface area contributed by atoms with E-state index in [0.717, 1.165) is 0 Å². The van der Waals surface area contributed by atoms with Crippen LogP contribution in [-0.2, 0) is 0 Å². The monoisotopic (exact) mass is 288 g/mol. The lowest BCUT2D eigenvalue weighted by molar-refractivity contribution is -0.385. The Balaban J connectivity index is 3.12. The van der Waals surface area contributed by atoms with Crippen LogP contribution in [0.4, 0.5) is 5.69 Å². The van der Waals surface area contributed by atoms with Crippen LogP contribution in [0, 0.1) is 17.0 Å². The van der Waals surface area contributed by atoms with Gasteiger partial charge in [-0.15, -0.1) is 0 Å². The number of hydrogen-bond acceptors (Lipinski definition) is 4. The summed E-state index contributed by atoms with van der Waals surface area (Å²) < 4.78 is 10.7. The molecule has 1 aromatic carbocycles. The molecule has 1 radical (unpaired) electrons. The molecule has 0 aliphatic carbocycles. The molecule has 6 heteroatoms. The van der Waals surface area contributed by atoms with Crippen molar-refractivity contribution < 1.29 is 14.4 Å². The number of halogens is 1. The number of rotatable bonds is 5. The molecular weight excluding hydrogens is 278 g/mol. The van der Waals surface area contributed by atoms with Crippen LogP contribution in [0.1, 0.15) is 6.42 Å². The van der Waals surface area contributed by atoms with E-state index in [1.54, 1.807) is 0 Å². The molecule has 0 saturated carbocycles. The smallest absolute Gasteiger partial charge is 0.287 e. The topological polar surface area (TPSA) is 61.6 Å². The minimum Gasteiger partial charge on any atom is -0.493 e. The van der Waals surface area contributed by atoms with Gasteiger partial charge in [0.15, 0.2) is 11.5 Å². The summed E-state index contributed by atoms with van der Waals surface area (Å²) in [6, 6.07) is 2.84. The van der Waals surface area contributed by atoms with Crippen molar-refractivity contribution in [1.29, 1.82) is 0 Å². The first-order chi connectivity index (χ1) is 7.60. The molecule has 0 spiro atoms. The molecule has 1 rings (SSSR count). The van der Waals surface area contributed by atoms with Crippen molar-refractivity contribution >= 4 is 21.6 Å². The highest BCUT2D eigenvalue weighted by atomic mass is 79.9. The Labute approximate surface area is 102 Å². The fourth-order valence-corrected chi connectivity index (χ4v) is 1.59. The normalized spacial score (nSPS) is 9.94. The summed E-state index contributed by atoms with van der Waals surface area (Å²) >= 11 is 3.10. The highest BCUT2D eigenvalue weighted by Gasteiger charge is 2.17. The average molecular weight is 289 g/mol. The largest absolute Gasteiger partial charge is 0.493 e. The summed E-state index contributed by atoms with van der Waals surface area (Å²) in [6.07, 6.45) is 0.576. The van der Waals surface area contributed by atoms with Crippen LogP contribution in [0.3, 0.4) is 0 Å². The number of methoxy groups -OCH3 is 1. The van der Waals surface area contributed by atoms with Gasteiger partial charge in [-0.05, 0) is 29.3 Å². The lowest BCUT2D eigenvalue weighted by Crippen LogP contribution is -1.99. The van der Waals surface area contributed by atoms with Gasteiger partial charge in [0, 0.05) is 6.07 Å². The molecule has 0 aromatic heterocycles. The molecule has 0 bridgehead atoms. The van der Waals surface area contributed by atoms with E-state index in [-0.39, 0.29) is 5.69 Å². The first-order valence-electron chi connectivity index (χ1n) is 4.54. The van der Waals surface area contributed by atoms with Crippen LogP contribution in [0.5, 0.6) is 11.5 Å². The van der Waals surface area contributed by atoms with Crippen LogP contribution >= 0.6 is 15.9 Å². The zero-order valence-electron chi connectivity index (χ0n) is 8.73. The average Bonchev–Trinajstić information content (AvgIpc) is 2.26. The molecule has 0 heterocycles. The van der Waals surface area contributed by atoms with Crippen LogP contribution in [0.2, 0.25) is 0 Å². The summed E-state index contributed by atoms with van der Waals surface area (Å²) in [6.45, 7) is 4.01. The molecule has 5 nitrogen and oxygen atoms in total. The summed E-state index contributed by atoms with van der Waals surface area (Å²) in [5.41, 5.74) is -0.0557. The highest BCUT2D eigenvalue weighted by molar-refractivity contribution is 9.10. The van der Waals surface area contributed by atoms with E-state index >= 15 is 0 Å². The maximum absolute atomic E-state index is 10.7. The predicted molar refractivity (Wildman–Crippen MR) is 62.8 cm³/mol. The van der Waals surface area contributed by atoms with Crippen molar-refractivity contribution in [3.05, 3.63) is 33.6 Å². The van der Waals surface area contributed by atoms with Gasteiger partial charge in [-0.2, -0.15) is 0 Å². The number of nitro groups is 1. The third-order valence-corrected chi connectivity index (χ3v) is 2.47. The van der Waals surface area contributed by atoms with Crippen LogP contribution in [-0.4, -0.2) is 18.6 Å². The maximum atomic E-state index is 10.7. The minimum atomic E-state index is -0.486. The van der Waals surface area contributed by atoms with Crippen molar-refractivity contribution in [1.82, 2.24) is 0 Å². The first-order valence-corrected chi connectivity index (χ1v) is 5.33. The van der Waals surface area contributed by atoms with Crippen LogP contribution in [0.15, 0.2) is 16.6 Å². The van der Waals surface area contributed by atoms with E-state index in [9.17, 15) is 10.1 Å². The molecule has 87 valence electrons. The molecule has 0 amide bonds. The third kappa shape index (κ3) is 2.85. The lowest BCUT2D eigenvalue weighted by Gasteiger charge is -2.10. The van der Waals surface area contributed by atoms with E-state index in [0.29, 0.717) is 29.0 Å². The molecular formula is C10H11BrNO4. The van der Waals surface area contributed by atoms with E-state index in [1.807, 2.05) is 0 Å². The fraction of sp³-hybridized carbons (Fsp3) is 0.300. The Morgan fingerprint density at radius 3 is 2.69 bits per heavy atom. The van der Waals surface area contributed by atoms with Crippen molar-refractivity contribution in [2.75, 3.05) is 13.7 Å². The number of benzene rings is 1. The molecule has 1 aromatic rings. The second-order valence-electron chi connectivity index (χ2n) is 2.91. The summed E-state index contributed by atoms with van der Waals surface area (Å²) in [5, 5.41) is 10.7. The van der Waals surface area contributed by atoms with Gasteiger partial charge in [-0.1, -0.05) is 0 Å². The second-order valence-corrected chi connectivity index (χ2v) is 3.77. The summed E-state index contributed by atoms with van der Waals surface area (Å²) in [5.74, 6) is 0.798. The maximum Gasteiger partial charge on any atom is 0.287 e. The highest BCUT2D eigenvalue weighted by Crippen LogP contribution is 2.37. The van der Waals surface area contributed by atoms with Crippen LogP contribution < -0.4 is 9.47 Å². The zero-order chi connectivity index (χ0) is 12.1. The van der Waals surface area contributed by atoms with Crippen LogP contribution in [0.25, 0.3) is 0 Å². The summed E-state index contributed by atoms with van der Waals surface area (Å²) in [7, 11) is 1.48. The number of ether oxygens (including phenoxy) is 2. The number of nitro benzene ring substituents is 1. The van der Waals surface area contributed by atoms with E-state index in [2.05, 4.69) is 22.9 Å². The molecule has 0 aliphatic heterocycles. The molecule has 0 N–H and O–H groups in total. The molecule has 0 saturated heterocycles. The van der Waals surface area contributed by atoms with Crippen molar-refractivity contribution in [3.63, 3.8) is 0 Å². The van der Waals surface area contributed by atoms with Gasteiger partial charge in [0.2, 0.25) is 0 Å². The van der Waals surface area contributed by atoms with Gasteiger partial charge in [0.25, 0.3) is 5.69 Å². The Kier molecular flexibility index (Phi) is 4.54. The fourth-order valence-electron chi connectivity index (χ4n) is 1.12. The SMILES string of the molecule is [CH2]CCOc1cc([N+](=O)[O-])c(Br)cc1OC. The van der Waals surface area contributed by atoms with Crippen molar-refractivity contribution in [2.24, 2.45) is 0 Å². The lowest BCUT2D eigenvalue weighted by atomic mass is 10.3. The number of nitrogens with zero attached hydrogens (tertiary/aromatic N) is 1. The van der Waals surface area contributed by atoms with Crippen molar-refractivity contribution in [2.45, 2.75) is 6.42 Å². The minimum absolute atomic E-state index is 0.0557. The van der Waals surface area contributed by atoms with Gasteiger partial charge in [0.05, 0.1) is 29.2 Å². The third-order valence-electron chi connectivity index (χ3n) is 1.83. The van der Waals surface area contributed by atoms with E-state index in [1.165, 1.54) is 19.2 Å². The zero-order valence-corrected chi connectivity index (χ0v) is 10.3. The Morgan fingerprint density at radius 1 is 1.50 bits per heavy atom. The van der Waals surface area contributed by atoms with E-state index < -0.39 is 4.92 Å². The second kappa shape index (κ2) is 5.69. The number of hydrogen-bond donors (Lipinski definition) is 0. The molecule has 0 atom stereocenters. The van der Waals surface area contributed by atoms with Gasteiger partial charge in [0.1, 0.15) is 0 Å². The Bertz CT molecular complexity index is 395. The van der Waals surface area contributed by atoms with Crippen molar-refractivity contribution in [3.8, 4) is 11.5 Å². The molecule has 16 heavy (non-hydrogen) atoms. The van der Waals surface area contributed by atoms with Gasteiger partial charge < -0.3 is 9.47 Å². The molecule has 0 unspecified atom stereocenters. The Hall–Kier alpha value is -1.30. The predicted octanol–water partition coefficient (Wildman–Crippen LogP) is 2.97. The summed E-state index contributed by atoms with van der Waals surface area (Å²) in [4.78, 5) is 10.2. The van der Waals surface area contributed by atoms with E-state index in [4.69, 9.17) is 9.47 Å². The van der Waals surface area contributed by atoms with Gasteiger partial charge >= 0.3 is 0 Å². The quantitative estimate of drug-likeness (QED) is 0.617. The molecule has 0 aliphatic rings.